The van der Waals surface area contributed by atoms with Gasteiger partial charge in [-0.1, -0.05) is 34.6 Å². The number of halogens is 1. The predicted octanol–water partition coefficient (Wildman–Crippen LogP) is 4.40. The van der Waals surface area contributed by atoms with Gasteiger partial charge in [-0.05, 0) is 37.3 Å². The number of aryl methyl sites for hydroxylation is 1. The first kappa shape index (κ1) is 18.6. The third-order valence-corrected chi connectivity index (χ3v) is 5.27. The van der Waals surface area contributed by atoms with E-state index in [2.05, 4.69) is 36.8 Å². The molecule has 9 heteroatoms. The van der Waals surface area contributed by atoms with E-state index in [-0.39, 0.29) is 0 Å². The standard InChI is InChI=1S/C19H17ClN6OS/c1-2-26-17(13-6-9-21-10-7-13)23-24-19(26)28-11-8-16-22-18(27-25-16)14-4-3-5-15(20)12-14/h3-7,9-10,12H,2,8,11H2,1H3. The van der Waals surface area contributed by atoms with Gasteiger partial charge in [0.05, 0.1) is 0 Å². The molecule has 4 rings (SSSR count). The highest BCUT2D eigenvalue weighted by molar-refractivity contribution is 7.99. The fraction of sp³-hybridized carbons (Fsp3) is 0.211. The van der Waals surface area contributed by atoms with Gasteiger partial charge in [-0.25, -0.2) is 0 Å². The molecule has 28 heavy (non-hydrogen) atoms. The van der Waals surface area contributed by atoms with Crippen molar-refractivity contribution in [3.8, 4) is 22.8 Å². The maximum absolute atomic E-state index is 6.02. The molecule has 3 aromatic heterocycles. The van der Waals surface area contributed by atoms with Gasteiger partial charge in [0.15, 0.2) is 16.8 Å². The number of rotatable bonds is 7. The lowest BCUT2D eigenvalue weighted by Gasteiger charge is -2.06. The van der Waals surface area contributed by atoms with Crippen LogP contribution in [0.2, 0.25) is 5.02 Å². The number of hydrogen-bond donors (Lipinski definition) is 0. The maximum Gasteiger partial charge on any atom is 0.257 e. The summed E-state index contributed by atoms with van der Waals surface area (Å²) >= 11 is 7.64. The number of thioether (sulfide) groups is 1. The molecular weight excluding hydrogens is 396 g/mol. The van der Waals surface area contributed by atoms with Gasteiger partial charge in [0.2, 0.25) is 0 Å². The number of aromatic nitrogens is 6. The van der Waals surface area contributed by atoms with Crippen LogP contribution in [0, 0.1) is 0 Å². The minimum atomic E-state index is 0.471. The first-order chi connectivity index (χ1) is 13.7. The van der Waals surface area contributed by atoms with Crippen molar-refractivity contribution >= 4 is 23.4 Å². The summed E-state index contributed by atoms with van der Waals surface area (Å²) in [5.41, 5.74) is 1.81. The monoisotopic (exact) mass is 412 g/mol. The Morgan fingerprint density at radius 1 is 1.11 bits per heavy atom. The smallest absolute Gasteiger partial charge is 0.257 e. The number of hydrogen-bond acceptors (Lipinski definition) is 7. The van der Waals surface area contributed by atoms with Crippen molar-refractivity contribution in [3.63, 3.8) is 0 Å². The zero-order chi connectivity index (χ0) is 19.3. The van der Waals surface area contributed by atoms with Crippen LogP contribution in [0.1, 0.15) is 12.7 Å². The van der Waals surface area contributed by atoms with Crippen LogP contribution in [0.25, 0.3) is 22.8 Å². The van der Waals surface area contributed by atoms with Crippen LogP contribution in [0.4, 0.5) is 0 Å². The second kappa shape index (κ2) is 8.53. The second-order valence-electron chi connectivity index (χ2n) is 5.91. The van der Waals surface area contributed by atoms with Crippen LogP contribution in [0.3, 0.4) is 0 Å². The van der Waals surface area contributed by atoms with Crippen molar-refractivity contribution in [1.82, 2.24) is 29.9 Å². The molecule has 0 spiro atoms. The highest BCUT2D eigenvalue weighted by Gasteiger charge is 2.14. The summed E-state index contributed by atoms with van der Waals surface area (Å²) < 4.78 is 7.44. The molecule has 0 amide bonds. The molecule has 142 valence electrons. The predicted molar refractivity (Wildman–Crippen MR) is 108 cm³/mol. The minimum Gasteiger partial charge on any atom is -0.334 e. The Balaban J connectivity index is 1.42. The van der Waals surface area contributed by atoms with Crippen molar-refractivity contribution in [1.29, 1.82) is 0 Å². The lowest BCUT2D eigenvalue weighted by molar-refractivity contribution is 0.423. The molecule has 0 unspecified atom stereocenters. The van der Waals surface area contributed by atoms with Gasteiger partial charge in [0.1, 0.15) is 0 Å². The summed E-state index contributed by atoms with van der Waals surface area (Å²) in [5, 5.41) is 14.2. The fourth-order valence-electron chi connectivity index (χ4n) is 2.72. The zero-order valence-corrected chi connectivity index (χ0v) is 16.7. The largest absolute Gasteiger partial charge is 0.334 e. The number of nitrogens with zero attached hydrogens (tertiary/aromatic N) is 6. The molecule has 7 nitrogen and oxygen atoms in total. The Morgan fingerprint density at radius 3 is 2.75 bits per heavy atom. The van der Waals surface area contributed by atoms with Gasteiger partial charge in [0.25, 0.3) is 5.89 Å². The Bertz CT molecular complexity index is 1070. The van der Waals surface area contributed by atoms with E-state index < -0.39 is 0 Å². The quantitative estimate of drug-likeness (QED) is 0.416. The van der Waals surface area contributed by atoms with Crippen LogP contribution < -0.4 is 0 Å². The molecule has 0 bridgehead atoms. The van der Waals surface area contributed by atoms with Gasteiger partial charge in [0, 0.05) is 47.3 Å². The van der Waals surface area contributed by atoms with E-state index in [4.69, 9.17) is 16.1 Å². The van der Waals surface area contributed by atoms with Crippen molar-refractivity contribution in [3.05, 3.63) is 59.6 Å². The fourth-order valence-corrected chi connectivity index (χ4v) is 3.85. The molecular formula is C19H17ClN6OS. The van der Waals surface area contributed by atoms with Crippen molar-refractivity contribution in [2.24, 2.45) is 0 Å². The summed E-state index contributed by atoms with van der Waals surface area (Å²) in [4.78, 5) is 8.50. The molecule has 0 aliphatic heterocycles. The summed E-state index contributed by atoms with van der Waals surface area (Å²) in [7, 11) is 0. The molecule has 0 aliphatic carbocycles. The molecule has 1 aromatic carbocycles. The third-order valence-electron chi connectivity index (χ3n) is 4.07. The van der Waals surface area contributed by atoms with Gasteiger partial charge >= 0.3 is 0 Å². The summed E-state index contributed by atoms with van der Waals surface area (Å²) in [6.45, 7) is 2.86. The Morgan fingerprint density at radius 2 is 1.96 bits per heavy atom. The van der Waals surface area contributed by atoms with E-state index in [0.29, 0.717) is 23.2 Å². The number of pyridine rings is 1. The van der Waals surface area contributed by atoms with E-state index in [1.807, 2.05) is 30.3 Å². The van der Waals surface area contributed by atoms with Crippen molar-refractivity contribution in [2.45, 2.75) is 25.0 Å². The molecule has 3 heterocycles. The van der Waals surface area contributed by atoms with E-state index in [0.717, 1.165) is 34.4 Å². The zero-order valence-electron chi connectivity index (χ0n) is 15.1. The minimum absolute atomic E-state index is 0.471. The van der Waals surface area contributed by atoms with Crippen LogP contribution in [0.15, 0.2) is 58.5 Å². The normalized spacial score (nSPS) is 11.1. The second-order valence-corrected chi connectivity index (χ2v) is 7.41. The average Bonchev–Trinajstić information content (AvgIpc) is 3.36. The topological polar surface area (TPSA) is 82.5 Å². The molecule has 0 radical (unpaired) electrons. The van der Waals surface area contributed by atoms with E-state index in [1.165, 1.54) is 0 Å². The van der Waals surface area contributed by atoms with Crippen LogP contribution in [-0.2, 0) is 13.0 Å². The average molecular weight is 413 g/mol. The van der Waals surface area contributed by atoms with E-state index in [1.54, 1.807) is 30.2 Å². The van der Waals surface area contributed by atoms with E-state index >= 15 is 0 Å². The van der Waals surface area contributed by atoms with Gasteiger partial charge in [-0.3, -0.25) is 4.98 Å². The molecule has 0 fully saturated rings. The Labute approximate surface area is 171 Å². The highest BCUT2D eigenvalue weighted by atomic mass is 35.5. The van der Waals surface area contributed by atoms with Gasteiger partial charge in [-0.2, -0.15) is 4.98 Å². The van der Waals surface area contributed by atoms with Crippen LogP contribution in [-0.4, -0.2) is 35.6 Å². The Hall–Kier alpha value is -2.71. The van der Waals surface area contributed by atoms with E-state index in [9.17, 15) is 0 Å². The lowest BCUT2D eigenvalue weighted by atomic mass is 10.2. The van der Waals surface area contributed by atoms with Crippen molar-refractivity contribution < 1.29 is 4.52 Å². The summed E-state index contributed by atoms with van der Waals surface area (Å²) in [6.07, 6.45) is 4.17. The maximum atomic E-state index is 6.02. The van der Waals surface area contributed by atoms with Crippen molar-refractivity contribution in [2.75, 3.05) is 5.75 Å². The molecule has 0 N–H and O–H groups in total. The summed E-state index contributed by atoms with van der Waals surface area (Å²) in [6, 6.07) is 11.2. The highest BCUT2D eigenvalue weighted by Crippen LogP contribution is 2.25. The number of benzene rings is 1. The lowest BCUT2D eigenvalue weighted by Crippen LogP contribution is -2.01. The molecule has 0 saturated carbocycles. The molecule has 0 aliphatic rings. The van der Waals surface area contributed by atoms with Crippen LogP contribution in [0.5, 0.6) is 0 Å². The van der Waals surface area contributed by atoms with Crippen LogP contribution >= 0.6 is 23.4 Å². The molecule has 0 saturated heterocycles. The first-order valence-corrected chi connectivity index (χ1v) is 10.2. The SMILES string of the molecule is CCn1c(SCCc2noc(-c3cccc(Cl)c3)n2)nnc1-c1ccncc1. The van der Waals surface area contributed by atoms with Gasteiger partial charge in [-0.15, -0.1) is 10.2 Å². The third kappa shape index (κ3) is 4.07. The molecule has 0 atom stereocenters. The summed E-state index contributed by atoms with van der Waals surface area (Å²) in [5.74, 6) is 2.73. The molecule has 4 aromatic rings. The first-order valence-electron chi connectivity index (χ1n) is 8.79. The Kier molecular flexibility index (Phi) is 5.68. The van der Waals surface area contributed by atoms with Gasteiger partial charge < -0.3 is 9.09 Å².